The van der Waals surface area contributed by atoms with E-state index < -0.39 is 18.1 Å². The minimum Gasteiger partial charge on any atom is -0.480 e. The van der Waals surface area contributed by atoms with Gasteiger partial charge in [0.15, 0.2) is 0 Å². The van der Waals surface area contributed by atoms with Crippen molar-refractivity contribution in [3.05, 3.63) is 0 Å². The summed E-state index contributed by atoms with van der Waals surface area (Å²) in [4.78, 5) is 12.7. The van der Waals surface area contributed by atoms with Crippen molar-refractivity contribution in [1.82, 2.24) is 4.90 Å². The van der Waals surface area contributed by atoms with Crippen LogP contribution in [0, 0.1) is 0 Å². The molecule has 0 saturated carbocycles. The Morgan fingerprint density at radius 3 is 2.67 bits per heavy atom. The van der Waals surface area contributed by atoms with Crippen molar-refractivity contribution in [3.8, 4) is 0 Å². The standard InChI is InChI=1S/C10H19NO4/c1-3-7(10(13)14)11-5-8(12)9(6-11)15-4-2/h7-9,12H,3-6H2,1-2H3,(H,13,14)/t7-,8-,9-/m1/s1. The maximum atomic E-state index is 10.9. The van der Waals surface area contributed by atoms with Crippen LogP contribution in [-0.4, -0.2) is 59.0 Å². The van der Waals surface area contributed by atoms with E-state index in [4.69, 9.17) is 9.84 Å². The van der Waals surface area contributed by atoms with Crippen LogP contribution in [0.5, 0.6) is 0 Å². The number of aliphatic hydroxyl groups excluding tert-OH is 1. The van der Waals surface area contributed by atoms with Gasteiger partial charge in [0.05, 0.1) is 12.2 Å². The van der Waals surface area contributed by atoms with Gasteiger partial charge >= 0.3 is 5.97 Å². The van der Waals surface area contributed by atoms with E-state index in [2.05, 4.69) is 0 Å². The largest absolute Gasteiger partial charge is 0.480 e. The second-order valence-corrected chi connectivity index (χ2v) is 3.78. The maximum Gasteiger partial charge on any atom is 0.320 e. The lowest BCUT2D eigenvalue weighted by Crippen LogP contribution is -2.40. The molecule has 0 amide bonds. The van der Waals surface area contributed by atoms with Crippen LogP contribution < -0.4 is 0 Å². The zero-order valence-electron chi connectivity index (χ0n) is 9.22. The van der Waals surface area contributed by atoms with Gasteiger partial charge in [-0.25, -0.2) is 0 Å². The lowest BCUT2D eigenvalue weighted by atomic mass is 10.2. The van der Waals surface area contributed by atoms with E-state index in [1.165, 1.54) is 0 Å². The molecule has 0 unspecified atom stereocenters. The Morgan fingerprint density at radius 2 is 2.20 bits per heavy atom. The normalized spacial score (nSPS) is 29.3. The van der Waals surface area contributed by atoms with Crippen LogP contribution >= 0.6 is 0 Å². The number of aliphatic carboxylic acids is 1. The molecule has 88 valence electrons. The predicted octanol–water partition coefficient (Wildman–Crippen LogP) is -0.0688. The van der Waals surface area contributed by atoms with E-state index in [0.717, 1.165) is 0 Å². The first-order valence-electron chi connectivity index (χ1n) is 5.36. The fraction of sp³-hybridized carbons (Fsp3) is 0.900. The highest BCUT2D eigenvalue weighted by molar-refractivity contribution is 5.73. The summed E-state index contributed by atoms with van der Waals surface area (Å²) in [6.07, 6.45) is -0.275. The monoisotopic (exact) mass is 217 g/mol. The molecule has 0 aromatic rings. The molecule has 0 spiro atoms. The molecule has 5 nitrogen and oxygen atoms in total. The number of rotatable bonds is 5. The van der Waals surface area contributed by atoms with Gasteiger partial charge in [0.2, 0.25) is 0 Å². The van der Waals surface area contributed by atoms with Gasteiger partial charge in [0, 0.05) is 19.7 Å². The molecule has 5 heteroatoms. The van der Waals surface area contributed by atoms with Gasteiger partial charge in [0.1, 0.15) is 6.04 Å². The number of carboxylic acid groups (broad SMARTS) is 1. The molecule has 15 heavy (non-hydrogen) atoms. The van der Waals surface area contributed by atoms with Crippen molar-refractivity contribution in [2.75, 3.05) is 19.7 Å². The van der Waals surface area contributed by atoms with E-state index in [1.807, 2.05) is 13.8 Å². The van der Waals surface area contributed by atoms with Crippen molar-refractivity contribution in [1.29, 1.82) is 0 Å². The quantitative estimate of drug-likeness (QED) is 0.674. The molecule has 0 radical (unpaired) electrons. The Bertz CT molecular complexity index is 221. The number of hydrogen-bond acceptors (Lipinski definition) is 4. The summed E-state index contributed by atoms with van der Waals surface area (Å²) in [5, 5.41) is 18.6. The summed E-state index contributed by atoms with van der Waals surface area (Å²) in [5.41, 5.74) is 0. The molecule has 1 aliphatic rings. The number of carbonyl (C=O) groups is 1. The van der Waals surface area contributed by atoms with Gasteiger partial charge in [-0.3, -0.25) is 9.69 Å². The summed E-state index contributed by atoms with van der Waals surface area (Å²) in [6, 6.07) is -0.509. The second-order valence-electron chi connectivity index (χ2n) is 3.78. The van der Waals surface area contributed by atoms with Crippen LogP contribution in [0.3, 0.4) is 0 Å². The minimum absolute atomic E-state index is 0.247. The Morgan fingerprint density at radius 1 is 1.53 bits per heavy atom. The van der Waals surface area contributed by atoms with Gasteiger partial charge < -0.3 is 14.9 Å². The van der Waals surface area contributed by atoms with Crippen LogP contribution in [0.15, 0.2) is 0 Å². The summed E-state index contributed by atoms with van der Waals surface area (Å²) in [5.74, 6) is -0.832. The number of ether oxygens (including phenoxy) is 1. The van der Waals surface area contributed by atoms with Crippen LogP contribution in [-0.2, 0) is 9.53 Å². The number of nitrogens with zero attached hydrogens (tertiary/aromatic N) is 1. The van der Waals surface area contributed by atoms with Crippen LogP contribution in [0.2, 0.25) is 0 Å². The Balaban J connectivity index is 2.55. The smallest absolute Gasteiger partial charge is 0.320 e. The zero-order chi connectivity index (χ0) is 11.4. The predicted molar refractivity (Wildman–Crippen MR) is 54.7 cm³/mol. The highest BCUT2D eigenvalue weighted by Crippen LogP contribution is 2.18. The van der Waals surface area contributed by atoms with Gasteiger partial charge in [0.25, 0.3) is 0 Å². The molecule has 0 aromatic carbocycles. The molecular formula is C10H19NO4. The number of β-amino-alcohol motifs (C(OH)–C–C–N with tert-alkyl or cyclic N) is 1. The van der Waals surface area contributed by atoms with E-state index in [1.54, 1.807) is 4.90 Å². The number of aliphatic hydroxyl groups is 1. The summed E-state index contributed by atoms with van der Waals surface area (Å²) in [7, 11) is 0. The number of likely N-dealkylation sites (tertiary alicyclic amines) is 1. The Hall–Kier alpha value is -0.650. The molecule has 1 fully saturated rings. The maximum absolute atomic E-state index is 10.9. The molecule has 1 aliphatic heterocycles. The van der Waals surface area contributed by atoms with Gasteiger partial charge in [-0.1, -0.05) is 6.92 Å². The molecule has 1 heterocycles. The van der Waals surface area contributed by atoms with E-state index in [9.17, 15) is 9.90 Å². The van der Waals surface area contributed by atoms with Crippen molar-refractivity contribution in [3.63, 3.8) is 0 Å². The Kier molecular flexibility index (Phi) is 4.50. The lowest BCUT2D eigenvalue weighted by Gasteiger charge is -2.22. The summed E-state index contributed by atoms with van der Waals surface area (Å²) >= 11 is 0. The number of carboxylic acids is 1. The molecular weight excluding hydrogens is 198 g/mol. The summed E-state index contributed by atoms with van der Waals surface area (Å²) in [6.45, 7) is 5.12. The third kappa shape index (κ3) is 2.90. The first-order chi connectivity index (χ1) is 7.10. The van der Waals surface area contributed by atoms with Crippen LogP contribution in [0.1, 0.15) is 20.3 Å². The van der Waals surface area contributed by atoms with Crippen LogP contribution in [0.25, 0.3) is 0 Å². The zero-order valence-corrected chi connectivity index (χ0v) is 9.22. The average Bonchev–Trinajstić information content (AvgIpc) is 2.49. The van der Waals surface area contributed by atoms with Crippen molar-refractivity contribution in [2.24, 2.45) is 0 Å². The SMILES string of the molecule is CCO[C@@H]1CN([C@H](CC)C(=O)O)C[C@H]1O. The number of hydrogen-bond donors (Lipinski definition) is 2. The fourth-order valence-electron chi connectivity index (χ4n) is 2.01. The van der Waals surface area contributed by atoms with Crippen molar-refractivity contribution >= 4 is 5.97 Å². The Labute approximate surface area is 89.6 Å². The first-order valence-corrected chi connectivity index (χ1v) is 5.36. The van der Waals surface area contributed by atoms with Crippen molar-refractivity contribution in [2.45, 2.75) is 38.5 Å². The molecule has 0 aromatic heterocycles. The molecule has 2 N–H and O–H groups in total. The molecule has 0 bridgehead atoms. The summed E-state index contributed by atoms with van der Waals surface area (Å²) < 4.78 is 5.34. The minimum atomic E-state index is -0.832. The van der Waals surface area contributed by atoms with Crippen molar-refractivity contribution < 1.29 is 19.7 Å². The molecule has 3 atom stereocenters. The van der Waals surface area contributed by atoms with Gasteiger partial charge in [-0.15, -0.1) is 0 Å². The second kappa shape index (κ2) is 5.44. The van der Waals surface area contributed by atoms with Gasteiger partial charge in [-0.2, -0.15) is 0 Å². The third-order valence-electron chi connectivity index (χ3n) is 2.76. The van der Waals surface area contributed by atoms with E-state index in [0.29, 0.717) is 26.1 Å². The fourth-order valence-corrected chi connectivity index (χ4v) is 2.01. The topological polar surface area (TPSA) is 70.0 Å². The van der Waals surface area contributed by atoms with E-state index in [-0.39, 0.29) is 6.10 Å². The lowest BCUT2D eigenvalue weighted by molar-refractivity contribution is -0.143. The van der Waals surface area contributed by atoms with Crippen LogP contribution in [0.4, 0.5) is 0 Å². The molecule has 1 saturated heterocycles. The third-order valence-corrected chi connectivity index (χ3v) is 2.76. The van der Waals surface area contributed by atoms with Gasteiger partial charge in [-0.05, 0) is 13.3 Å². The van der Waals surface area contributed by atoms with E-state index >= 15 is 0 Å². The average molecular weight is 217 g/mol. The first kappa shape index (κ1) is 12.4. The molecule has 1 rings (SSSR count). The molecule has 0 aliphatic carbocycles. The highest BCUT2D eigenvalue weighted by atomic mass is 16.5. The highest BCUT2D eigenvalue weighted by Gasteiger charge is 2.37.